The van der Waals surface area contributed by atoms with Gasteiger partial charge in [0.2, 0.25) is 5.76 Å². The molecule has 34 heavy (non-hydrogen) atoms. The number of hydrogen-bond donors (Lipinski definition) is 0. The summed E-state index contributed by atoms with van der Waals surface area (Å²) in [7, 11) is 0. The first-order valence-electron chi connectivity index (χ1n) is 11.6. The SMILES string of the molecule is CCCCCOc1cccc([C@H]2c3c(oc4ccccc4c3=O)C(=O)N2c2ccc(C)cn2)c1. The molecule has 0 saturated carbocycles. The van der Waals surface area contributed by atoms with Crippen molar-refractivity contribution in [3.63, 3.8) is 0 Å². The second-order valence-electron chi connectivity index (χ2n) is 8.57. The lowest BCUT2D eigenvalue weighted by Crippen LogP contribution is -2.30. The Balaban J connectivity index is 1.65. The quantitative estimate of drug-likeness (QED) is 0.329. The molecule has 0 unspecified atom stereocenters. The molecule has 1 amide bonds. The lowest BCUT2D eigenvalue weighted by Gasteiger charge is -2.24. The van der Waals surface area contributed by atoms with E-state index in [1.54, 1.807) is 41.4 Å². The lowest BCUT2D eigenvalue weighted by atomic mass is 9.98. The first-order valence-corrected chi connectivity index (χ1v) is 11.6. The molecule has 2 aromatic heterocycles. The molecule has 0 fully saturated rings. The standard InChI is InChI=1S/C28H26N2O4/c1-3-4-7-15-33-20-10-8-9-19(16-20)25-24-26(31)21-11-5-6-12-22(21)34-27(24)28(32)30(25)23-14-13-18(2)17-29-23/h5-6,8-14,16-17,25H,3-4,7,15H2,1-2H3/t25-/m0/s1. The van der Waals surface area contributed by atoms with Crippen LogP contribution in [0.4, 0.5) is 5.82 Å². The van der Waals surface area contributed by atoms with Crippen molar-refractivity contribution in [2.24, 2.45) is 0 Å². The van der Waals surface area contributed by atoms with E-state index in [1.165, 1.54) is 0 Å². The normalized spacial score (nSPS) is 15.1. The van der Waals surface area contributed by atoms with Crippen molar-refractivity contribution >= 4 is 22.7 Å². The first kappa shape index (κ1) is 21.9. The number of aryl methyl sites for hydroxylation is 1. The molecule has 0 spiro atoms. The Morgan fingerprint density at radius 2 is 1.88 bits per heavy atom. The maximum atomic E-state index is 13.6. The number of nitrogens with zero attached hydrogens (tertiary/aromatic N) is 2. The summed E-state index contributed by atoms with van der Waals surface area (Å²) in [5.41, 5.74) is 2.26. The van der Waals surface area contributed by atoms with Gasteiger partial charge >= 0.3 is 0 Å². The molecule has 1 aliphatic rings. The summed E-state index contributed by atoms with van der Waals surface area (Å²) < 4.78 is 12.0. The van der Waals surface area contributed by atoms with Crippen LogP contribution in [0.5, 0.6) is 5.75 Å². The van der Waals surface area contributed by atoms with Gasteiger partial charge in [0.15, 0.2) is 5.43 Å². The largest absolute Gasteiger partial charge is 0.494 e. The molecule has 5 rings (SSSR count). The minimum absolute atomic E-state index is 0.0605. The Hall–Kier alpha value is -3.93. The summed E-state index contributed by atoms with van der Waals surface area (Å²) in [5, 5.41) is 0.449. The van der Waals surface area contributed by atoms with Gasteiger partial charge in [-0.05, 0) is 54.8 Å². The smallest absolute Gasteiger partial charge is 0.296 e. The number of pyridine rings is 1. The van der Waals surface area contributed by atoms with Gasteiger partial charge in [0, 0.05) is 6.20 Å². The number of anilines is 1. The third-order valence-corrected chi connectivity index (χ3v) is 6.11. The van der Waals surface area contributed by atoms with Crippen LogP contribution in [0.2, 0.25) is 0 Å². The molecule has 4 aromatic rings. The van der Waals surface area contributed by atoms with Gasteiger partial charge in [0.1, 0.15) is 17.2 Å². The highest BCUT2D eigenvalue weighted by Gasteiger charge is 2.44. The Kier molecular flexibility index (Phi) is 5.88. The average Bonchev–Trinajstić information content (AvgIpc) is 3.15. The zero-order valence-corrected chi connectivity index (χ0v) is 19.3. The average molecular weight is 455 g/mol. The number of ether oxygens (including phenoxy) is 1. The van der Waals surface area contributed by atoms with E-state index < -0.39 is 6.04 Å². The zero-order chi connectivity index (χ0) is 23.7. The van der Waals surface area contributed by atoms with Crippen LogP contribution in [-0.2, 0) is 0 Å². The Labute approximate surface area is 197 Å². The Morgan fingerprint density at radius 3 is 2.68 bits per heavy atom. The summed E-state index contributed by atoms with van der Waals surface area (Å²) >= 11 is 0. The van der Waals surface area contributed by atoms with Crippen LogP contribution < -0.4 is 15.1 Å². The number of carbonyl (C=O) groups is 1. The molecular weight excluding hydrogens is 428 g/mol. The summed E-state index contributed by atoms with van der Waals surface area (Å²) in [5.74, 6) is 0.847. The van der Waals surface area contributed by atoms with Crippen LogP contribution in [0.3, 0.4) is 0 Å². The molecule has 3 heterocycles. The minimum Gasteiger partial charge on any atom is -0.494 e. The number of fused-ring (bicyclic) bond motifs is 2. The third-order valence-electron chi connectivity index (χ3n) is 6.11. The molecule has 0 aliphatic carbocycles. The van der Waals surface area contributed by atoms with Gasteiger partial charge in [0.05, 0.1) is 23.6 Å². The van der Waals surface area contributed by atoms with E-state index in [4.69, 9.17) is 9.15 Å². The van der Waals surface area contributed by atoms with E-state index in [0.29, 0.717) is 34.7 Å². The van der Waals surface area contributed by atoms with Crippen LogP contribution in [0.1, 0.15) is 59.5 Å². The van der Waals surface area contributed by atoms with Crippen molar-refractivity contribution < 1.29 is 13.9 Å². The molecule has 1 atom stereocenters. The van der Waals surface area contributed by atoms with Crippen molar-refractivity contribution in [2.75, 3.05) is 11.5 Å². The number of para-hydroxylation sites is 1. The maximum Gasteiger partial charge on any atom is 0.296 e. The fourth-order valence-corrected chi connectivity index (χ4v) is 4.39. The van der Waals surface area contributed by atoms with Gasteiger partial charge in [-0.2, -0.15) is 0 Å². The number of aromatic nitrogens is 1. The molecule has 0 bridgehead atoms. The molecular formula is C28H26N2O4. The number of amides is 1. The van der Waals surface area contributed by atoms with Gasteiger partial charge in [-0.3, -0.25) is 14.5 Å². The van der Waals surface area contributed by atoms with Crippen LogP contribution in [0.25, 0.3) is 11.0 Å². The van der Waals surface area contributed by atoms with E-state index in [-0.39, 0.29) is 17.1 Å². The number of carbonyl (C=O) groups excluding carboxylic acids is 1. The van der Waals surface area contributed by atoms with Gasteiger partial charge in [-0.25, -0.2) is 4.98 Å². The topological polar surface area (TPSA) is 72.6 Å². The fraction of sp³-hybridized carbons (Fsp3) is 0.250. The van der Waals surface area contributed by atoms with Crippen LogP contribution in [0.15, 0.2) is 76.1 Å². The summed E-state index contributed by atoms with van der Waals surface area (Å²) in [6, 6.07) is 17.6. The molecule has 1 aliphatic heterocycles. The highest BCUT2D eigenvalue weighted by molar-refractivity contribution is 6.10. The Morgan fingerprint density at radius 1 is 1.03 bits per heavy atom. The maximum absolute atomic E-state index is 13.6. The van der Waals surface area contributed by atoms with Gasteiger partial charge in [-0.15, -0.1) is 0 Å². The molecule has 2 aromatic carbocycles. The molecule has 0 saturated heterocycles. The van der Waals surface area contributed by atoms with Crippen molar-refractivity contribution in [3.8, 4) is 5.75 Å². The highest BCUT2D eigenvalue weighted by Crippen LogP contribution is 2.41. The number of unbranched alkanes of at least 4 members (excludes halogenated alkanes) is 2. The summed E-state index contributed by atoms with van der Waals surface area (Å²) in [6.07, 6.45) is 4.90. The molecule has 0 radical (unpaired) electrons. The van der Waals surface area contributed by atoms with Gasteiger partial charge in [-0.1, -0.05) is 50.1 Å². The molecule has 172 valence electrons. The zero-order valence-electron chi connectivity index (χ0n) is 19.3. The van der Waals surface area contributed by atoms with Crippen LogP contribution in [-0.4, -0.2) is 17.5 Å². The number of benzene rings is 2. The molecule has 6 heteroatoms. The first-order chi connectivity index (χ1) is 16.6. The van der Waals surface area contributed by atoms with Crippen molar-refractivity contribution in [2.45, 2.75) is 39.2 Å². The third kappa shape index (κ3) is 3.85. The fourth-order valence-electron chi connectivity index (χ4n) is 4.39. The van der Waals surface area contributed by atoms with E-state index in [9.17, 15) is 9.59 Å². The molecule has 6 nitrogen and oxygen atoms in total. The van der Waals surface area contributed by atoms with E-state index in [2.05, 4.69) is 11.9 Å². The van der Waals surface area contributed by atoms with Crippen LogP contribution >= 0.6 is 0 Å². The van der Waals surface area contributed by atoms with Gasteiger partial charge < -0.3 is 9.15 Å². The van der Waals surface area contributed by atoms with Crippen molar-refractivity contribution in [3.05, 3.63) is 99.5 Å². The van der Waals surface area contributed by atoms with Crippen molar-refractivity contribution in [1.82, 2.24) is 4.98 Å². The van der Waals surface area contributed by atoms with Crippen LogP contribution in [0, 0.1) is 6.92 Å². The van der Waals surface area contributed by atoms with E-state index in [0.717, 1.165) is 30.4 Å². The summed E-state index contributed by atoms with van der Waals surface area (Å²) in [6.45, 7) is 4.71. The number of rotatable bonds is 7. The van der Waals surface area contributed by atoms with E-state index >= 15 is 0 Å². The monoisotopic (exact) mass is 454 g/mol. The Bertz CT molecular complexity index is 1410. The minimum atomic E-state index is -0.669. The molecule has 0 N–H and O–H groups in total. The highest BCUT2D eigenvalue weighted by atomic mass is 16.5. The number of hydrogen-bond acceptors (Lipinski definition) is 5. The lowest BCUT2D eigenvalue weighted by molar-refractivity contribution is 0.0970. The predicted octanol–water partition coefficient (Wildman–Crippen LogP) is 5.82. The second-order valence-corrected chi connectivity index (χ2v) is 8.57. The summed E-state index contributed by atoms with van der Waals surface area (Å²) in [4.78, 5) is 33.3. The predicted molar refractivity (Wildman–Crippen MR) is 132 cm³/mol. The van der Waals surface area contributed by atoms with E-state index in [1.807, 2.05) is 37.3 Å². The van der Waals surface area contributed by atoms with Gasteiger partial charge in [0.25, 0.3) is 5.91 Å². The van der Waals surface area contributed by atoms with Crippen molar-refractivity contribution in [1.29, 1.82) is 0 Å². The second kappa shape index (κ2) is 9.14.